The molecule has 1 aromatic heterocycles. The Morgan fingerprint density at radius 2 is 2.05 bits per heavy atom. The molecule has 1 N–H and O–H groups in total. The molecule has 0 bridgehead atoms. The van der Waals surface area contributed by atoms with E-state index in [1.165, 1.54) is 0 Å². The molecule has 0 unspecified atom stereocenters. The third-order valence-corrected chi connectivity index (χ3v) is 4.04. The number of aryl methyl sites for hydroxylation is 1. The van der Waals surface area contributed by atoms with Gasteiger partial charge in [0.2, 0.25) is 0 Å². The van der Waals surface area contributed by atoms with Gasteiger partial charge in [-0.1, -0.05) is 0 Å². The quantitative estimate of drug-likeness (QED) is 0.743. The second-order valence-corrected chi connectivity index (χ2v) is 5.77. The maximum absolute atomic E-state index is 11.9. The third kappa shape index (κ3) is 4.67. The van der Waals surface area contributed by atoms with Crippen LogP contribution < -0.4 is 5.69 Å². The smallest absolute Gasteiger partial charge is 0.347 e. The van der Waals surface area contributed by atoms with Gasteiger partial charge in [-0.25, -0.2) is 4.79 Å². The van der Waals surface area contributed by atoms with Crippen LogP contribution in [-0.2, 0) is 17.8 Å². The van der Waals surface area contributed by atoms with E-state index in [9.17, 15) is 9.59 Å². The number of aromatic nitrogens is 2. The molecule has 0 spiro atoms. The van der Waals surface area contributed by atoms with Gasteiger partial charge in [0.1, 0.15) is 0 Å². The van der Waals surface area contributed by atoms with Gasteiger partial charge in [-0.05, 0) is 50.7 Å². The first-order valence-electron chi connectivity index (χ1n) is 6.75. The number of thioether (sulfide) groups is 1. The maximum Gasteiger partial charge on any atom is 0.347 e. The number of carboxylic acids is 1. The average molecular weight is 298 g/mol. The molecule has 1 rings (SSSR count). The summed E-state index contributed by atoms with van der Waals surface area (Å²) >= 11 is 1.79. The van der Waals surface area contributed by atoms with Crippen LogP contribution in [0, 0.1) is 13.8 Å². The molecule has 0 aliphatic rings. The molecule has 0 saturated carbocycles. The van der Waals surface area contributed by atoms with Gasteiger partial charge < -0.3 is 5.11 Å². The second-order valence-electron chi connectivity index (χ2n) is 4.79. The fourth-order valence-electron chi connectivity index (χ4n) is 2.21. The minimum atomic E-state index is -0.832. The SMILES string of the molecule is CSCCCCn1c(C)c(CCC(=O)O)c(C)nc1=O. The van der Waals surface area contributed by atoms with Crippen molar-refractivity contribution >= 4 is 17.7 Å². The molecular weight excluding hydrogens is 276 g/mol. The Bertz CT molecular complexity index is 526. The summed E-state index contributed by atoms with van der Waals surface area (Å²) in [5.41, 5.74) is 2.15. The zero-order valence-corrected chi connectivity index (χ0v) is 13.1. The van der Waals surface area contributed by atoms with Gasteiger partial charge in [-0.3, -0.25) is 9.36 Å². The number of carbonyl (C=O) groups is 1. The number of hydrogen-bond donors (Lipinski definition) is 1. The summed E-state index contributed by atoms with van der Waals surface area (Å²) in [5, 5.41) is 8.79. The molecule has 0 aliphatic heterocycles. The highest BCUT2D eigenvalue weighted by atomic mass is 32.2. The van der Waals surface area contributed by atoms with E-state index in [0.29, 0.717) is 18.7 Å². The van der Waals surface area contributed by atoms with Crippen LogP contribution >= 0.6 is 11.8 Å². The van der Waals surface area contributed by atoms with E-state index in [2.05, 4.69) is 11.2 Å². The largest absolute Gasteiger partial charge is 0.481 e. The van der Waals surface area contributed by atoms with E-state index in [-0.39, 0.29) is 12.1 Å². The first-order valence-corrected chi connectivity index (χ1v) is 8.14. The summed E-state index contributed by atoms with van der Waals surface area (Å²) in [5.74, 6) is 0.250. The van der Waals surface area contributed by atoms with Crippen LogP contribution in [0.15, 0.2) is 4.79 Å². The van der Waals surface area contributed by atoms with Crippen molar-refractivity contribution in [2.45, 2.75) is 46.1 Å². The number of aliphatic carboxylic acids is 1. The van der Waals surface area contributed by atoms with Gasteiger partial charge >= 0.3 is 11.7 Å². The lowest BCUT2D eigenvalue weighted by Crippen LogP contribution is -2.28. The van der Waals surface area contributed by atoms with Crippen molar-refractivity contribution in [3.63, 3.8) is 0 Å². The van der Waals surface area contributed by atoms with E-state index in [4.69, 9.17) is 5.11 Å². The van der Waals surface area contributed by atoms with Crippen molar-refractivity contribution in [1.82, 2.24) is 9.55 Å². The van der Waals surface area contributed by atoms with Crippen molar-refractivity contribution in [3.05, 3.63) is 27.4 Å². The summed E-state index contributed by atoms with van der Waals surface area (Å²) in [7, 11) is 0. The van der Waals surface area contributed by atoms with Gasteiger partial charge in [-0.2, -0.15) is 16.7 Å². The van der Waals surface area contributed by atoms with E-state index in [1.54, 1.807) is 23.3 Å². The first kappa shape index (κ1) is 16.8. The number of hydrogen-bond acceptors (Lipinski definition) is 4. The molecule has 0 aromatic carbocycles. The lowest BCUT2D eigenvalue weighted by Gasteiger charge is -2.15. The van der Waals surface area contributed by atoms with Crippen LogP contribution in [0.5, 0.6) is 0 Å². The summed E-state index contributed by atoms with van der Waals surface area (Å²) in [6.45, 7) is 4.30. The third-order valence-electron chi connectivity index (χ3n) is 3.34. The van der Waals surface area contributed by atoms with Gasteiger partial charge in [0.15, 0.2) is 0 Å². The van der Waals surface area contributed by atoms with E-state index < -0.39 is 5.97 Å². The summed E-state index contributed by atoms with van der Waals surface area (Å²) < 4.78 is 1.67. The second kappa shape index (κ2) is 8.09. The standard InChI is InChI=1S/C14H22N2O3S/c1-10-12(6-7-13(17)18)11(2)16(14(19)15-10)8-4-5-9-20-3/h4-9H2,1-3H3,(H,17,18). The van der Waals surface area contributed by atoms with Gasteiger partial charge in [0, 0.05) is 24.4 Å². The Labute approximate surface area is 123 Å². The minimum absolute atomic E-state index is 0.0635. The van der Waals surface area contributed by atoms with Crippen molar-refractivity contribution in [3.8, 4) is 0 Å². The highest BCUT2D eigenvalue weighted by molar-refractivity contribution is 7.98. The molecule has 112 valence electrons. The number of carboxylic acid groups (broad SMARTS) is 1. The van der Waals surface area contributed by atoms with Gasteiger partial charge in [-0.15, -0.1) is 0 Å². The molecule has 1 heterocycles. The topological polar surface area (TPSA) is 72.2 Å². The van der Waals surface area contributed by atoms with Crippen LogP contribution in [0.25, 0.3) is 0 Å². The van der Waals surface area contributed by atoms with E-state index >= 15 is 0 Å². The zero-order valence-electron chi connectivity index (χ0n) is 12.3. The van der Waals surface area contributed by atoms with Gasteiger partial charge in [0.25, 0.3) is 0 Å². The normalized spacial score (nSPS) is 10.8. The maximum atomic E-state index is 11.9. The van der Waals surface area contributed by atoms with Crippen molar-refractivity contribution in [1.29, 1.82) is 0 Å². The van der Waals surface area contributed by atoms with Crippen molar-refractivity contribution in [2.75, 3.05) is 12.0 Å². The Morgan fingerprint density at radius 1 is 1.35 bits per heavy atom. The molecule has 0 atom stereocenters. The predicted molar refractivity (Wildman–Crippen MR) is 81.5 cm³/mol. The van der Waals surface area contributed by atoms with Gasteiger partial charge in [0.05, 0.1) is 0 Å². The first-order chi connectivity index (χ1) is 9.47. The fraction of sp³-hybridized carbons (Fsp3) is 0.643. The zero-order chi connectivity index (χ0) is 15.1. The molecule has 0 saturated heterocycles. The summed E-state index contributed by atoms with van der Waals surface area (Å²) in [6.07, 6.45) is 4.55. The highest BCUT2D eigenvalue weighted by Gasteiger charge is 2.12. The summed E-state index contributed by atoms with van der Waals surface area (Å²) in [6, 6.07) is 0. The number of nitrogens with zero attached hydrogens (tertiary/aromatic N) is 2. The van der Waals surface area contributed by atoms with Crippen molar-refractivity contribution < 1.29 is 9.90 Å². The van der Waals surface area contributed by atoms with E-state index in [0.717, 1.165) is 29.9 Å². The summed E-state index contributed by atoms with van der Waals surface area (Å²) in [4.78, 5) is 26.7. The lowest BCUT2D eigenvalue weighted by molar-refractivity contribution is -0.136. The molecular formula is C14H22N2O3S. The number of rotatable bonds is 8. The Kier molecular flexibility index (Phi) is 6.78. The van der Waals surface area contributed by atoms with E-state index in [1.807, 2.05) is 6.92 Å². The highest BCUT2D eigenvalue weighted by Crippen LogP contribution is 2.13. The monoisotopic (exact) mass is 298 g/mol. The van der Waals surface area contributed by atoms with Crippen molar-refractivity contribution in [2.24, 2.45) is 0 Å². The molecule has 0 aliphatic carbocycles. The van der Waals surface area contributed by atoms with Crippen LogP contribution in [0.4, 0.5) is 0 Å². The molecule has 0 radical (unpaired) electrons. The molecule has 0 fully saturated rings. The molecule has 0 amide bonds. The minimum Gasteiger partial charge on any atom is -0.481 e. The molecule has 6 heteroatoms. The Morgan fingerprint density at radius 3 is 2.65 bits per heavy atom. The molecule has 1 aromatic rings. The fourth-order valence-corrected chi connectivity index (χ4v) is 2.71. The number of unbranched alkanes of at least 4 members (excludes halogenated alkanes) is 1. The average Bonchev–Trinajstić information content (AvgIpc) is 2.36. The lowest BCUT2D eigenvalue weighted by atomic mass is 10.1. The molecule has 20 heavy (non-hydrogen) atoms. The molecule has 5 nitrogen and oxygen atoms in total. The van der Waals surface area contributed by atoms with Crippen LogP contribution in [-0.4, -0.2) is 32.6 Å². The van der Waals surface area contributed by atoms with Crippen LogP contribution in [0.2, 0.25) is 0 Å². The van der Waals surface area contributed by atoms with Crippen LogP contribution in [0.3, 0.4) is 0 Å². The Hall–Kier alpha value is -1.30. The Balaban J connectivity index is 2.91. The van der Waals surface area contributed by atoms with Crippen LogP contribution in [0.1, 0.15) is 36.2 Å². The predicted octanol–water partition coefficient (Wildman–Crippen LogP) is 2.02.